The van der Waals surface area contributed by atoms with E-state index in [4.69, 9.17) is 4.74 Å². The molecule has 0 spiro atoms. The number of rotatable bonds is 10. The summed E-state index contributed by atoms with van der Waals surface area (Å²) >= 11 is -0.673. The second-order valence-electron chi connectivity index (χ2n) is 8.21. The van der Waals surface area contributed by atoms with Crippen LogP contribution in [0.15, 0.2) is 115 Å². The van der Waals surface area contributed by atoms with Gasteiger partial charge in [0.15, 0.2) is 0 Å². The molecule has 3 heteroatoms. The van der Waals surface area contributed by atoms with Gasteiger partial charge in [-0.25, -0.2) is 0 Å². The molecule has 0 aromatic heterocycles. The smallest absolute Gasteiger partial charge is 0.0461 e. The Morgan fingerprint density at radius 3 is 2.44 bits per heavy atom. The Kier molecular flexibility index (Phi) is 12.3. The quantitative estimate of drug-likeness (QED) is 0.177. The molecule has 0 saturated carbocycles. The van der Waals surface area contributed by atoms with E-state index in [1.807, 2.05) is 0 Å². The molecule has 0 bridgehead atoms. The molecular weight excluding hydrogens is 508 g/mol. The van der Waals surface area contributed by atoms with Crippen LogP contribution in [0.3, 0.4) is 0 Å². The van der Waals surface area contributed by atoms with Crippen LogP contribution in [-0.4, -0.2) is 23.1 Å². The van der Waals surface area contributed by atoms with Gasteiger partial charge in [-0.3, -0.25) is 0 Å². The minimum atomic E-state index is -0.673. The van der Waals surface area contributed by atoms with Gasteiger partial charge in [-0.1, -0.05) is 13.3 Å². The number of unbranched alkanes of at least 4 members (excludes halogenated alkanes) is 1. The Morgan fingerprint density at radius 2 is 1.76 bits per heavy atom. The molecule has 0 unspecified atom stereocenters. The molecule has 0 amide bonds. The molecule has 2 aromatic carbocycles. The van der Waals surface area contributed by atoms with Crippen LogP contribution in [0.1, 0.15) is 43.7 Å². The van der Waals surface area contributed by atoms with Crippen molar-refractivity contribution in [1.82, 2.24) is 0 Å². The zero-order valence-electron chi connectivity index (χ0n) is 20.5. The van der Waals surface area contributed by atoms with Gasteiger partial charge in [0.2, 0.25) is 0 Å². The third kappa shape index (κ3) is 8.95. The summed E-state index contributed by atoms with van der Waals surface area (Å²) in [7, 11) is 1.18. The maximum atomic E-state index is 5.14. The number of ether oxygens (including phenoxy) is 1. The molecule has 1 nitrogen and oxygen atoms in total. The third-order valence-corrected chi connectivity index (χ3v) is 9.60. The van der Waals surface area contributed by atoms with Gasteiger partial charge in [0.25, 0.3) is 0 Å². The van der Waals surface area contributed by atoms with Gasteiger partial charge >= 0.3 is 174 Å². The largest absolute Gasteiger partial charge is 0.386 e. The minimum Gasteiger partial charge on any atom is -0.386 e. The predicted octanol–water partition coefficient (Wildman–Crippen LogP) is 7.05. The molecule has 0 saturated heterocycles. The van der Waals surface area contributed by atoms with E-state index in [2.05, 4.69) is 116 Å². The molecule has 34 heavy (non-hydrogen) atoms. The molecule has 0 heterocycles. The fourth-order valence-electron chi connectivity index (χ4n) is 3.78. The van der Waals surface area contributed by atoms with Gasteiger partial charge in [-0.2, -0.15) is 0 Å². The zero-order chi connectivity index (χ0) is 23.8. The molecule has 0 N–H and O–H groups in total. The average Bonchev–Trinajstić information content (AvgIpc) is 3.57. The van der Waals surface area contributed by atoms with Crippen molar-refractivity contribution in [3.05, 3.63) is 126 Å². The van der Waals surface area contributed by atoms with Crippen LogP contribution < -0.4 is 0 Å². The molecule has 2 aliphatic carbocycles. The summed E-state index contributed by atoms with van der Waals surface area (Å²) in [5.74, 6) is 0. The molecule has 4 rings (SSSR count). The van der Waals surface area contributed by atoms with Crippen molar-refractivity contribution in [2.45, 2.75) is 32.6 Å². The van der Waals surface area contributed by atoms with E-state index >= 15 is 0 Å². The van der Waals surface area contributed by atoms with E-state index in [-0.39, 0.29) is 0 Å². The van der Waals surface area contributed by atoms with E-state index in [1.54, 1.807) is 6.56 Å². The van der Waals surface area contributed by atoms with E-state index in [0.29, 0.717) is 0 Å². The fourth-order valence-corrected chi connectivity index (χ4v) is 7.41. The summed E-state index contributed by atoms with van der Waals surface area (Å²) in [5, 5.41) is 0. The van der Waals surface area contributed by atoms with Crippen LogP contribution >= 0.6 is 0 Å². The Balaban J connectivity index is 0.000000406. The molecule has 0 radical (unpaired) electrons. The van der Waals surface area contributed by atoms with E-state index < -0.39 is 23.2 Å². The predicted molar refractivity (Wildman–Crippen MR) is 148 cm³/mol. The van der Waals surface area contributed by atoms with E-state index in [0.717, 1.165) is 19.3 Å². The summed E-state index contributed by atoms with van der Waals surface area (Å²) in [6.45, 7) is 3.15. The van der Waals surface area contributed by atoms with Crippen molar-refractivity contribution < 1.29 is 28.0 Å². The van der Waals surface area contributed by atoms with Crippen molar-refractivity contribution in [1.29, 1.82) is 0 Å². The van der Waals surface area contributed by atoms with Crippen LogP contribution in [0.5, 0.6) is 0 Å². The monoisotopic (exact) mass is 542 g/mol. The van der Waals surface area contributed by atoms with Gasteiger partial charge in [0.05, 0.1) is 0 Å². The topological polar surface area (TPSA) is 9.23 Å². The number of hydrogen-bond acceptors (Lipinski definition) is 1. The van der Waals surface area contributed by atoms with Crippen molar-refractivity contribution in [2.75, 3.05) is 12.8 Å². The van der Waals surface area contributed by atoms with Crippen LogP contribution in [0.4, 0.5) is 0 Å². The summed E-state index contributed by atoms with van der Waals surface area (Å²) in [4.78, 5) is 0. The summed E-state index contributed by atoms with van der Waals surface area (Å²) in [5.41, 5.74) is 5.33. The normalized spacial score (nSPS) is 15.1. The first-order chi connectivity index (χ1) is 16.8. The van der Waals surface area contributed by atoms with Gasteiger partial charge in [0.1, 0.15) is 0 Å². The molecule has 0 atom stereocenters. The molecular formula is C31H36OSiZr. The van der Waals surface area contributed by atoms with Crippen LogP contribution in [0, 0.1) is 0 Å². The fraction of sp³-hybridized carbons (Fsp3) is 0.226. The Morgan fingerprint density at radius 1 is 1.00 bits per heavy atom. The van der Waals surface area contributed by atoms with Crippen molar-refractivity contribution in [2.24, 2.45) is 0 Å². The number of benzene rings is 2. The molecule has 0 aliphatic heterocycles. The molecule has 0 fully saturated rings. The summed E-state index contributed by atoms with van der Waals surface area (Å²) in [6.07, 6.45) is 24.0. The van der Waals surface area contributed by atoms with Gasteiger partial charge in [-0.05, 0) is 6.42 Å². The van der Waals surface area contributed by atoms with Crippen LogP contribution in [0.25, 0.3) is 11.6 Å². The Hall–Kier alpha value is -2.06. The van der Waals surface area contributed by atoms with Crippen molar-refractivity contribution in [3.8, 4) is 0 Å². The van der Waals surface area contributed by atoms with E-state index in [1.165, 1.54) is 51.8 Å². The SMILES string of the molecule is C1=CC[C]([Zr][C]2=C(C(=CC=Cc3ccccc3)c3ccccc3)C=CC2)=C1.CCCCOC[SiH3]. The zero-order valence-corrected chi connectivity index (χ0v) is 25.0. The summed E-state index contributed by atoms with van der Waals surface area (Å²) in [6, 6.07) is 21.3. The minimum absolute atomic E-state index is 0.673. The summed E-state index contributed by atoms with van der Waals surface area (Å²) < 4.78 is 8.51. The van der Waals surface area contributed by atoms with Gasteiger partial charge in [-0.15, -0.1) is 0 Å². The Labute approximate surface area is 220 Å². The molecule has 2 aliphatic rings. The standard InChI is InChI=1S/C21H17.C5H14OSi.C5H5.Zr/c1-3-10-18(11-4-1)12-9-17-21(20-15-7-8-16-20)19-13-5-2-6-14-19;1-2-3-4-6-5-7;1-2-4-5-3-1;/h1-7,9-15,17H,8H2;2-5H2,1,7H3;1-3H,4H2;. The number of hydrogen-bond donors (Lipinski definition) is 0. The molecule has 174 valence electrons. The Bertz CT molecular complexity index is 1060. The maximum Gasteiger partial charge on any atom is 0.0461 e. The van der Waals surface area contributed by atoms with Gasteiger partial charge < -0.3 is 4.74 Å². The van der Waals surface area contributed by atoms with Crippen molar-refractivity contribution in [3.63, 3.8) is 0 Å². The maximum absolute atomic E-state index is 5.14. The first-order valence-electron chi connectivity index (χ1n) is 12.4. The second-order valence-corrected chi connectivity index (χ2v) is 12.5. The average molecular weight is 544 g/mol. The number of allylic oxidation sites excluding steroid dienone is 11. The van der Waals surface area contributed by atoms with Crippen molar-refractivity contribution >= 4 is 21.9 Å². The van der Waals surface area contributed by atoms with Crippen LogP contribution in [0.2, 0.25) is 0 Å². The first-order valence-corrected chi connectivity index (χ1v) is 16.3. The second kappa shape index (κ2) is 15.8. The van der Waals surface area contributed by atoms with Gasteiger partial charge in [0, 0.05) is 23.1 Å². The molecule has 2 aromatic rings. The van der Waals surface area contributed by atoms with E-state index in [9.17, 15) is 0 Å². The third-order valence-electron chi connectivity index (χ3n) is 5.59. The first kappa shape index (κ1) is 26.5. The van der Waals surface area contributed by atoms with Crippen LogP contribution in [-0.2, 0) is 28.0 Å².